The number of rotatable bonds is 5. The second-order valence-electron chi connectivity index (χ2n) is 7.53. The third-order valence-electron chi connectivity index (χ3n) is 5.38. The maximum absolute atomic E-state index is 13.0. The van der Waals surface area contributed by atoms with Crippen LogP contribution in [0.2, 0.25) is 0 Å². The molecular formula is C22H24N4O4S2. The van der Waals surface area contributed by atoms with E-state index < -0.39 is 10.0 Å². The summed E-state index contributed by atoms with van der Waals surface area (Å²) in [6.45, 7) is 4.55. The summed E-state index contributed by atoms with van der Waals surface area (Å²) >= 11 is 1.29. The van der Waals surface area contributed by atoms with Crippen molar-refractivity contribution in [3.63, 3.8) is 0 Å². The molecule has 0 saturated heterocycles. The molecule has 2 N–H and O–H groups in total. The van der Waals surface area contributed by atoms with Gasteiger partial charge in [0.2, 0.25) is 10.0 Å². The van der Waals surface area contributed by atoms with Crippen molar-refractivity contribution in [3.05, 3.63) is 64.2 Å². The lowest BCUT2D eigenvalue weighted by atomic mass is 10.1. The molecule has 32 heavy (non-hydrogen) atoms. The molecule has 1 aromatic heterocycles. The van der Waals surface area contributed by atoms with Crippen LogP contribution in [-0.2, 0) is 23.0 Å². The van der Waals surface area contributed by atoms with Crippen LogP contribution in [0.4, 0.5) is 15.6 Å². The van der Waals surface area contributed by atoms with Crippen molar-refractivity contribution in [1.29, 1.82) is 0 Å². The van der Waals surface area contributed by atoms with Crippen LogP contribution in [0.25, 0.3) is 0 Å². The fourth-order valence-electron chi connectivity index (χ4n) is 3.41. The van der Waals surface area contributed by atoms with Gasteiger partial charge in [0.1, 0.15) is 5.75 Å². The van der Waals surface area contributed by atoms with Crippen molar-refractivity contribution in [2.75, 3.05) is 24.3 Å². The lowest BCUT2D eigenvalue weighted by Crippen LogP contribution is -2.35. The maximum Gasteiger partial charge on any atom is 0.325 e. The summed E-state index contributed by atoms with van der Waals surface area (Å²) in [4.78, 5) is 17.9. The third kappa shape index (κ3) is 4.62. The number of methoxy groups -OCH3 is 1. The van der Waals surface area contributed by atoms with Gasteiger partial charge in [-0.2, -0.15) is 4.31 Å². The second-order valence-corrected chi connectivity index (χ2v) is 10.6. The molecule has 168 valence electrons. The molecule has 2 amide bonds. The lowest BCUT2D eigenvalue weighted by molar-refractivity contribution is 0.262. The van der Waals surface area contributed by atoms with E-state index in [-0.39, 0.29) is 17.5 Å². The van der Waals surface area contributed by atoms with Gasteiger partial charge in [0.25, 0.3) is 0 Å². The molecule has 8 nitrogen and oxygen atoms in total. The van der Waals surface area contributed by atoms with Crippen LogP contribution >= 0.6 is 11.3 Å². The number of amides is 2. The van der Waals surface area contributed by atoms with Crippen molar-refractivity contribution in [1.82, 2.24) is 9.29 Å². The minimum absolute atomic E-state index is 0.220. The number of ether oxygens (including phenoxy) is 1. The van der Waals surface area contributed by atoms with Crippen molar-refractivity contribution in [2.45, 2.75) is 31.7 Å². The first-order valence-corrected chi connectivity index (χ1v) is 12.3. The van der Waals surface area contributed by atoms with E-state index in [0.717, 1.165) is 21.7 Å². The first-order chi connectivity index (χ1) is 15.3. The fourth-order valence-corrected chi connectivity index (χ4v) is 5.92. The van der Waals surface area contributed by atoms with Crippen LogP contribution in [0.1, 0.15) is 21.7 Å². The Hall–Kier alpha value is -2.95. The number of carbonyl (C=O) groups excluding carboxylic acids is 1. The number of aryl methyl sites for hydroxylation is 2. The van der Waals surface area contributed by atoms with E-state index in [1.807, 2.05) is 32.0 Å². The fraction of sp³-hybridized carbons (Fsp3) is 0.273. The highest BCUT2D eigenvalue weighted by Gasteiger charge is 2.30. The van der Waals surface area contributed by atoms with Gasteiger partial charge in [0, 0.05) is 23.5 Å². The third-order valence-corrected chi connectivity index (χ3v) is 8.24. The summed E-state index contributed by atoms with van der Waals surface area (Å²) in [5.74, 6) is 0.599. The Morgan fingerprint density at radius 2 is 1.84 bits per heavy atom. The number of nitrogens with one attached hydrogen (secondary N) is 2. The normalized spacial score (nSPS) is 14.0. The number of sulfonamides is 1. The number of carbonyl (C=O) groups is 1. The smallest absolute Gasteiger partial charge is 0.325 e. The molecule has 10 heteroatoms. The van der Waals surface area contributed by atoms with Gasteiger partial charge < -0.3 is 10.1 Å². The van der Waals surface area contributed by atoms with E-state index >= 15 is 0 Å². The van der Waals surface area contributed by atoms with Crippen LogP contribution in [-0.4, -0.2) is 37.4 Å². The van der Waals surface area contributed by atoms with Crippen molar-refractivity contribution >= 4 is 38.2 Å². The van der Waals surface area contributed by atoms with E-state index in [0.29, 0.717) is 29.5 Å². The molecule has 0 fully saturated rings. The zero-order valence-electron chi connectivity index (χ0n) is 18.0. The minimum atomic E-state index is -3.63. The predicted molar refractivity (Wildman–Crippen MR) is 125 cm³/mol. The number of thiazole rings is 1. The highest BCUT2D eigenvalue weighted by Crippen LogP contribution is 2.31. The van der Waals surface area contributed by atoms with E-state index in [1.54, 1.807) is 24.3 Å². The predicted octanol–water partition coefficient (Wildman–Crippen LogP) is 4.16. The molecule has 2 heterocycles. The SMILES string of the molecule is COc1ccc(S(=O)(=O)N2CCc3nc(NC(=O)Nc4ccc(C)c(C)c4)sc3C2)cc1. The average molecular weight is 473 g/mol. The van der Waals surface area contributed by atoms with E-state index in [1.165, 1.54) is 22.8 Å². The molecule has 3 aromatic rings. The second kappa shape index (κ2) is 8.89. The molecule has 0 aliphatic carbocycles. The summed E-state index contributed by atoms with van der Waals surface area (Å²) in [6.07, 6.45) is 0.488. The molecule has 0 bridgehead atoms. The summed E-state index contributed by atoms with van der Waals surface area (Å²) < 4.78 is 32.6. The Morgan fingerprint density at radius 1 is 1.09 bits per heavy atom. The summed E-state index contributed by atoms with van der Waals surface area (Å²) in [7, 11) is -2.10. The van der Waals surface area contributed by atoms with Gasteiger partial charge in [0.15, 0.2) is 5.13 Å². The number of fused-ring (bicyclic) bond motifs is 1. The molecule has 0 unspecified atom stereocenters. The number of benzene rings is 2. The molecular weight excluding hydrogens is 448 g/mol. The Labute approximate surface area is 191 Å². The first-order valence-electron chi connectivity index (χ1n) is 10.0. The Bertz CT molecular complexity index is 1250. The van der Waals surface area contributed by atoms with E-state index in [9.17, 15) is 13.2 Å². The number of anilines is 2. The maximum atomic E-state index is 13.0. The Morgan fingerprint density at radius 3 is 2.53 bits per heavy atom. The van der Waals surface area contributed by atoms with Gasteiger partial charge in [0.05, 0.1) is 24.2 Å². The molecule has 0 radical (unpaired) electrons. The van der Waals surface area contributed by atoms with Crippen LogP contribution < -0.4 is 15.4 Å². The van der Waals surface area contributed by atoms with Crippen molar-refractivity contribution in [2.24, 2.45) is 0 Å². The minimum Gasteiger partial charge on any atom is -0.497 e. The zero-order chi connectivity index (χ0) is 22.9. The topological polar surface area (TPSA) is 101 Å². The van der Waals surface area contributed by atoms with Gasteiger partial charge in [-0.1, -0.05) is 17.4 Å². The van der Waals surface area contributed by atoms with Gasteiger partial charge in [-0.25, -0.2) is 18.2 Å². The molecule has 0 spiro atoms. The van der Waals surface area contributed by atoms with Gasteiger partial charge in [-0.3, -0.25) is 5.32 Å². The van der Waals surface area contributed by atoms with E-state index in [4.69, 9.17) is 4.74 Å². The molecule has 0 saturated carbocycles. The average Bonchev–Trinajstić information content (AvgIpc) is 3.17. The van der Waals surface area contributed by atoms with Gasteiger partial charge >= 0.3 is 6.03 Å². The summed E-state index contributed by atoms with van der Waals surface area (Å²) in [5, 5.41) is 6.00. The number of hydrogen-bond acceptors (Lipinski definition) is 6. The number of aromatic nitrogens is 1. The highest BCUT2D eigenvalue weighted by atomic mass is 32.2. The van der Waals surface area contributed by atoms with Gasteiger partial charge in [-0.15, -0.1) is 0 Å². The van der Waals surface area contributed by atoms with Crippen LogP contribution in [0.5, 0.6) is 5.75 Å². The van der Waals surface area contributed by atoms with Crippen molar-refractivity contribution < 1.29 is 17.9 Å². The van der Waals surface area contributed by atoms with Crippen LogP contribution in [0.3, 0.4) is 0 Å². The van der Waals surface area contributed by atoms with E-state index in [2.05, 4.69) is 15.6 Å². The number of urea groups is 1. The highest BCUT2D eigenvalue weighted by molar-refractivity contribution is 7.89. The molecule has 1 aliphatic rings. The molecule has 0 atom stereocenters. The quantitative estimate of drug-likeness (QED) is 0.581. The lowest BCUT2D eigenvalue weighted by Gasteiger charge is -2.25. The summed E-state index contributed by atoms with van der Waals surface area (Å²) in [5.41, 5.74) is 3.75. The molecule has 4 rings (SSSR count). The van der Waals surface area contributed by atoms with Gasteiger partial charge in [-0.05, 0) is 61.4 Å². The monoisotopic (exact) mass is 472 g/mol. The first kappa shape index (κ1) is 22.3. The molecule has 2 aromatic carbocycles. The summed E-state index contributed by atoms with van der Waals surface area (Å²) in [6, 6.07) is 11.7. The standard InChI is InChI=1S/C22H24N4O4S2/c1-14-4-5-16(12-15(14)2)23-21(27)25-22-24-19-10-11-26(13-20(19)31-22)32(28,29)18-8-6-17(30-3)7-9-18/h4-9,12H,10-11,13H2,1-3H3,(H2,23,24,25,27). The largest absolute Gasteiger partial charge is 0.497 e. The number of nitrogens with zero attached hydrogens (tertiary/aromatic N) is 2. The Kier molecular flexibility index (Phi) is 6.18. The Balaban J connectivity index is 1.44. The van der Waals surface area contributed by atoms with Crippen molar-refractivity contribution in [3.8, 4) is 5.75 Å². The molecule has 1 aliphatic heterocycles. The van der Waals surface area contributed by atoms with Crippen LogP contribution in [0, 0.1) is 13.8 Å². The number of hydrogen-bond donors (Lipinski definition) is 2. The zero-order valence-corrected chi connectivity index (χ0v) is 19.6. The van der Waals surface area contributed by atoms with Crippen LogP contribution in [0.15, 0.2) is 47.4 Å².